The number of hydrogen-bond acceptors (Lipinski definition) is 3. The summed E-state index contributed by atoms with van der Waals surface area (Å²) in [6.45, 7) is 4.29. The Morgan fingerprint density at radius 2 is 1.46 bits per heavy atom. The molecule has 1 heterocycles. The van der Waals surface area contributed by atoms with Crippen molar-refractivity contribution < 1.29 is 4.63 Å². The summed E-state index contributed by atoms with van der Waals surface area (Å²) in [5.41, 5.74) is 4.39. The van der Waals surface area contributed by atoms with Gasteiger partial charge in [-0.1, -0.05) is 13.8 Å². The zero-order chi connectivity index (χ0) is 9.26. The summed E-state index contributed by atoms with van der Waals surface area (Å²) in [5.74, 6) is 0. The molecule has 0 saturated carbocycles. The third-order valence-corrected chi connectivity index (χ3v) is 2.34. The summed E-state index contributed by atoms with van der Waals surface area (Å²) >= 11 is 0. The molecule has 0 unspecified atom stereocenters. The molecular weight excluding hydrogens is 164 g/mol. The molecule has 3 heteroatoms. The number of aryl methyl sites for hydroxylation is 2. The third-order valence-electron chi connectivity index (χ3n) is 2.34. The van der Waals surface area contributed by atoms with E-state index in [9.17, 15) is 0 Å². The van der Waals surface area contributed by atoms with Gasteiger partial charge in [-0.25, -0.2) is 4.63 Å². The monoisotopic (exact) mass is 176 g/mol. The van der Waals surface area contributed by atoms with Crippen molar-refractivity contribution in [3.8, 4) is 0 Å². The highest BCUT2D eigenvalue weighted by Gasteiger charge is 2.05. The first-order chi connectivity index (χ1) is 6.35. The fraction of sp³-hybridized carbons (Fsp3) is 0.400. The van der Waals surface area contributed by atoms with Crippen LogP contribution in [0.25, 0.3) is 11.0 Å². The molecular formula is C10H12N2O. The van der Waals surface area contributed by atoms with Gasteiger partial charge in [0.05, 0.1) is 0 Å². The van der Waals surface area contributed by atoms with Gasteiger partial charge in [0.2, 0.25) is 0 Å². The molecule has 0 radical (unpaired) electrons. The summed E-state index contributed by atoms with van der Waals surface area (Å²) in [6, 6.07) is 4.12. The number of fused-ring (bicyclic) bond motifs is 1. The van der Waals surface area contributed by atoms with Gasteiger partial charge >= 0.3 is 0 Å². The summed E-state index contributed by atoms with van der Waals surface area (Å²) in [4.78, 5) is 0. The van der Waals surface area contributed by atoms with E-state index in [2.05, 4.69) is 40.9 Å². The summed E-state index contributed by atoms with van der Waals surface area (Å²) in [7, 11) is 0. The standard InChI is InChI=1S/C10H12N2O/c1-3-7-5-9-10(12-13-11-9)6-8(7)4-2/h5-6H,3-4H2,1-2H3. The van der Waals surface area contributed by atoms with Gasteiger partial charge < -0.3 is 0 Å². The van der Waals surface area contributed by atoms with E-state index in [-0.39, 0.29) is 0 Å². The molecule has 0 aliphatic carbocycles. The van der Waals surface area contributed by atoms with Crippen molar-refractivity contribution >= 4 is 11.0 Å². The molecule has 0 bridgehead atoms. The van der Waals surface area contributed by atoms with Crippen molar-refractivity contribution in [3.63, 3.8) is 0 Å². The van der Waals surface area contributed by atoms with Crippen LogP contribution in [-0.2, 0) is 12.8 Å². The van der Waals surface area contributed by atoms with Crippen LogP contribution in [0.1, 0.15) is 25.0 Å². The van der Waals surface area contributed by atoms with Crippen LogP contribution in [0.3, 0.4) is 0 Å². The van der Waals surface area contributed by atoms with Gasteiger partial charge in [-0.2, -0.15) is 0 Å². The van der Waals surface area contributed by atoms with Crippen molar-refractivity contribution in [1.82, 2.24) is 10.3 Å². The molecule has 3 nitrogen and oxygen atoms in total. The Morgan fingerprint density at radius 3 is 1.85 bits per heavy atom. The van der Waals surface area contributed by atoms with Crippen molar-refractivity contribution in [2.24, 2.45) is 0 Å². The number of benzene rings is 1. The fourth-order valence-electron chi connectivity index (χ4n) is 1.58. The van der Waals surface area contributed by atoms with Crippen LogP contribution in [0, 0.1) is 0 Å². The zero-order valence-corrected chi connectivity index (χ0v) is 7.87. The molecule has 13 heavy (non-hydrogen) atoms. The average molecular weight is 176 g/mol. The van der Waals surface area contributed by atoms with E-state index >= 15 is 0 Å². The van der Waals surface area contributed by atoms with E-state index in [1.165, 1.54) is 11.1 Å². The Morgan fingerprint density at radius 1 is 1.00 bits per heavy atom. The highest BCUT2D eigenvalue weighted by molar-refractivity contribution is 5.75. The molecule has 0 fully saturated rings. The van der Waals surface area contributed by atoms with Gasteiger partial charge in [-0.05, 0) is 46.4 Å². The lowest BCUT2D eigenvalue weighted by Gasteiger charge is -2.03. The smallest absolute Gasteiger partial charge is 0.135 e. The Hall–Kier alpha value is -1.38. The second-order valence-corrected chi connectivity index (χ2v) is 3.08. The number of hydrogen-bond donors (Lipinski definition) is 0. The van der Waals surface area contributed by atoms with E-state index in [0.29, 0.717) is 0 Å². The second kappa shape index (κ2) is 3.17. The van der Waals surface area contributed by atoms with Crippen molar-refractivity contribution in [2.45, 2.75) is 26.7 Å². The molecule has 0 aliphatic heterocycles. The van der Waals surface area contributed by atoms with E-state index in [0.717, 1.165) is 23.9 Å². The molecule has 1 aromatic carbocycles. The minimum Gasteiger partial charge on any atom is -0.243 e. The van der Waals surface area contributed by atoms with Gasteiger partial charge in [0.15, 0.2) is 0 Å². The van der Waals surface area contributed by atoms with Crippen LogP contribution in [0.5, 0.6) is 0 Å². The molecule has 0 spiro atoms. The second-order valence-electron chi connectivity index (χ2n) is 3.08. The Labute approximate surface area is 76.7 Å². The molecule has 68 valence electrons. The van der Waals surface area contributed by atoms with E-state index in [1.807, 2.05) is 0 Å². The summed E-state index contributed by atoms with van der Waals surface area (Å²) in [5, 5.41) is 7.63. The first-order valence-electron chi connectivity index (χ1n) is 4.59. The maximum absolute atomic E-state index is 4.66. The highest BCUT2D eigenvalue weighted by atomic mass is 16.6. The van der Waals surface area contributed by atoms with E-state index in [1.54, 1.807) is 0 Å². The molecule has 0 N–H and O–H groups in total. The van der Waals surface area contributed by atoms with Gasteiger partial charge in [0.25, 0.3) is 0 Å². The molecule has 0 aliphatic rings. The Kier molecular flexibility index (Phi) is 2.00. The first kappa shape index (κ1) is 8.23. The summed E-state index contributed by atoms with van der Waals surface area (Å²) < 4.78 is 4.66. The topological polar surface area (TPSA) is 38.9 Å². The van der Waals surface area contributed by atoms with Gasteiger partial charge in [-0.3, -0.25) is 0 Å². The van der Waals surface area contributed by atoms with Crippen LogP contribution < -0.4 is 0 Å². The number of aromatic nitrogens is 2. The summed E-state index contributed by atoms with van der Waals surface area (Å²) in [6.07, 6.45) is 2.07. The lowest BCUT2D eigenvalue weighted by Crippen LogP contribution is -1.90. The van der Waals surface area contributed by atoms with Gasteiger partial charge in [-0.15, -0.1) is 0 Å². The number of rotatable bonds is 2. The minimum absolute atomic E-state index is 0.856. The molecule has 1 aromatic heterocycles. The van der Waals surface area contributed by atoms with Crippen molar-refractivity contribution in [3.05, 3.63) is 23.3 Å². The molecule has 0 amide bonds. The van der Waals surface area contributed by atoms with Gasteiger partial charge in [0.1, 0.15) is 11.0 Å². The lowest BCUT2D eigenvalue weighted by molar-refractivity contribution is 0.315. The molecule has 0 saturated heterocycles. The normalized spacial score (nSPS) is 10.9. The van der Waals surface area contributed by atoms with Crippen LogP contribution in [0.4, 0.5) is 0 Å². The maximum atomic E-state index is 4.66. The SMILES string of the molecule is CCc1cc2nonc2cc1CC. The quantitative estimate of drug-likeness (QED) is 0.705. The molecule has 0 atom stereocenters. The Balaban J connectivity index is 2.67. The fourth-order valence-corrected chi connectivity index (χ4v) is 1.58. The zero-order valence-electron chi connectivity index (χ0n) is 7.87. The Bertz CT molecular complexity index is 382. The highest BCUT2D eigenvalue weighted by Crippen LogP contribution is 2.18. The van der Waals surface area contributed by atoms with Crippen molar-refractivity contribution in [2.75, 3.05) is 0 Å². The lowest BCUT2D eigenvalue weighted by atomic mass is 10.0. The van der Waals surface area contributed by atoms with E-state index < -0.39 is 0 Å². The van der Waals surface area contributed by atoms with Gasteiger partial charge in [0, 0.05) is 0 Å². The van der Waals surface area contributed by atoms with Crippen LogP contribution in [0.2, 0.25) is 0 Å². The van der Waals surface area contributed by atoms with Crippen LogP contribution in [0.15, 0.2) is 16.8 Å². The molecule has 2 rings (SSSR count). The van der Waals surface area contributed by atoms with Crippen molar-refractivity contribution in [1.29, 1.82) is 0 Å². The predicted molar refractivity (Wildman–Crippen MR) is 50.6 cm³/mol. The largest absolute Gasteiger partial charge is 0.243 e. The van der Waals surface area contributed by atoms with Crippen LogP contribution in [-0.4, -0.2) is 10.3 Å². The van der Waals surface area contributed by atoms with Crippen LogP contribution >= 0.6 is 0 Å². The van der Waals surface area contributed by atoms with E-state index in [4.69, 9.17) is 0 Å². The first-order valence-corrected chi connectivity index (χ1v) is 4.59. The molecule has 2 aromatic rings. The average Bonchev–Trinajstić information content (AvgIpc) is 2.62. The maximum Gasteiger partial charge on any atom is 0.135 e. The predicted octanol–water partition coefficient (Wildman–Crippen LogP) is 2.35. The third kappa shape index (κ3) is 1.30. The number of nitrogens with zero attached hydrogens (tertiary/aromatic N) is 2. The minimum atomic E-state index is 0.856.